The summed E-state index contributed by atoms with van der Waals surface area (Å²) in [6.45, 7) is 4.38. The maximum atomic E-state index is 11.1. The summed E-state index contributed by atoms with van der Waals surface area (Å²) in [5.74, 6) is 0.434. The molecule has 1 aliphatic rings. The molecule has 0 heterocycles. The van der Waals surface area contributed by atoms with Crippen LogP contribution in [0, 0.1) is 5.92 Å². The smallest absolute Gasteiger partial charge is 0.0927 e. The van der Waals surface area contributed by atoms with Gasteiger partial charge in [-0.3, -0.25) is 0 Å². The maximum absolute atomic E-state index is 11.1. The lowest BCUT2D eigenvalue weighted by Gasteiger charge is -2.41. The van der Waals surface area contributed by atoms with E-state index in [1.54, 1.807) is 0 Å². The highest BCUT2D eigenvalue weighted by molar-refractivity contribution is 5.33. The molecule has 1 aliphatic carbocycles. The molecule has 17 heavy (non-hydrogen) atoms. The van der Waals surface area contributed by atoms with E-state index in [0.717, 1.165) is 25.7 Å². The third kappa shape index (κ3) is 2.26. The van der Waals surface area contributed by atoms with E-state index in [-0.39, 0.29) is 0 Å². The number of hydrogen-bond acceptors (Lipinski definition) is 1. The molecule has 1 saturated carbocycles. The van der Waals surface area contributed by atoms with Crippen molar-refractivity contribution in [3.63, 3.8) is 0 Å². The predicted octanol–water partition coefficient (Wildman–Crippen LogP) is 4.04. The Kier molecular flexibility index (Phi) is 3.88. The minimum Gasteiger partial charge on any atom is -0.385 e. The molecule has 0 unspecified atom stereocenters. The molecule has 94 valence electrons. The maximum Gasteiger partial charge on any atom is 0.0927 e. The zero-order valence-corrected chi connectivity index (χ0v) is 11.1. The lowest BCUT2D eigenvalue weighted by Crippen LogP contribution is -2.38. The van der Waals surface area contributed by atoms with Crippen molar-refractivity contribution in [2.24, 2.45) is 5.92 Å². The Labute approximate surface area is 105 Å². The summed E-state index contributed by atoms with van der Waals surface area (Å²) in [5.41, 5.74) is 1.93. The molecular formula is C16H24O. The molecule has 1 aromatic rings. The van der Waals surface area contributed by atoms with E-state index in [4.69, 9.17) is 0 Å². The molecule has 1 heteroatoms. The number of rotatable bonds is 3. The summed E-state index contributed by atoms with van der Waals surface area (Å²) in [6, 6.07) is 8.44. The van der Waals surface area contributed by atoms with Crippen LogP contribution in [-0.4, -0.2) is 5.11 Å². The first-order valence-electron chi connectivity index (χ1n) is 7.03. The second-order valence-electron chi connectivity index (χ2n) is 5.29. The minimum absolute atomic E-state index is 0.434. The van der Waals surface area contributed by atoms with Gasteiger partial charge in [0.05, 0.1) is 5.60 Å². The van der Waals surface area contributed by atoms with Crippen molar-refractivity contribution in [1.29, 1.82) is 0 Å². The van der Waals surface area contributed by atoms with E-state index in [2.05, 4.69) is 38.1 Å². The van der Waals surface area contributed by atoms with Crippen LogP contribution in [0.2, 0.25) is 0 Å². The van der Waals surface area contributed by atoms with E-state index in [0.29, 0.717) is 5.92 Å². The zero-order valence-electron chi connectivity index (χ0n) is 11.1. The number of hydrogen-bond donors (Lipinski definition) is 1. The Bertz CT molecular complexity index is 372. The van der Waals surface area contributed by atoms with E-state index in [9.17, 15) is 5.11 Å². The quantitative estimate of drug-likeness (QED) is 0.834. The van der Waals surface area contributed by atoms with Crippen molar-refractivity contribution in [3.8, 4) is 0 Å². The summed E-state index contributed by atoms with van der Waals surface area (Å²) >= 11 is 0. The van der Waals surface area contributed by atoms with Crippen LogP contribution in [0.25, 0.3) is 0 Å². The van der Waals surface area contributed by atoms with Gasteiger partial charge in [-0.15, -0.1) is 0 Å². The highest BCUT2D eigenvalue weighted by Gasteiger charge is 2.40. The van der Waals surface area contributed by atoms with Gasteiger partial charge >= 0.3 is 0 Å². The van der Waals surface area contributed by atoms with Crippen molar-refractivity contribution in [1.82, 2.24) is 0 Å². The van der Waals surface area contributed by atoms with E-state index >= 15 is 0 Å². The Morgan fingerprint density at radius 2 is 2.00 bits per heavy atom. The summed E-state index contributed by atoms with van der Waals surface area (Å²) in [6.07, 6.45) is 6.62. The third-order valence-corrected chi connectivity index (χ3v) is 4.39. The van der Waals surface area contributed by atoms with Gasteiger partial charge in [0.25, 0.3) is 0 Å². The fraction of sp³-hybridized carbons (Fsp3) is 0.625. The third-order valence-electron chi connectivity index (χ3n) is 4.39. The van der Waals surface area contributed by atoms with Gasteiger partial charge in [0.15, 0.2) is 0 Å². The van der Waals surface area contributed by atoms with Crippen molar-refractivity contribution >= 4 is 0 Å². The Balaban J connectivity index is 2.41. The van der Waals surface area contributed by atoms with E-state index in [1.165, 1.54) is 24.0 Å². The predicted molar refractivity (Wildman–Crippen MR) is 72.0 cm³/mol. The van der Waals surface area contributed by atoms with Gasteiger partial charge in [-0.05, 0) is 36.3 Å². The Hall–Kier alpha value is -0.820. The van der Waals surface area contributed by atoms with Crippen LogP contribution in [0.15, 0.2) is 24.3 Å². The van der Waals surface area contributed by atoms with Gasteiger partial charge in [-0.25, -0.2) is 0 Å². The molecular weight excluding hydrogens is 208 g/mol. The number of aryl methyl sites for hydroxylation is 1. The van der Waals surface area contributed by atoms with Gasteiger partial charge in [0.2, 0.25) is 0 Å². The van der Waals surface area contributed by atoms with Gasteiger partial charge in [-0.2, -0.15) is 0 Å². The van der Waals surface area contributed by atoms with E-state index < -0.39 is 5.60 Å². The first-order chi connectivity index (χ1) is 8.22. The van der Waals surface area contributed by atoms with Crippen LogP contribution in [0.3, 0.4) is 0 Å². The normalized spacial score (nSPS) is 29.2. The largest absolute Gasteiger partial charge is 0.385 e. The van der Waals surface area contributed by atoms with Crippen molar-refractivity contribution in [2.75, 3.05) is 0 Å². The molecule has 0 spiro atoms. The highest BCUT2D eigenvalue weighted by Crippen LogP contribution is 2.44. The fourth-order valence-electron chi connectivity index (χ4n) is 3.38. The Morgan fingerprint density at radius 1 is 1.24 bits per heavy atom. The summed E-state index contributed by atoms with van der Waals surface area (Å²) < 4.78 is 0. The molecule has 0 amide bonds. The van der Waals surface area contributed by atoms with Crippen LogP contribution in [-0.2, 0) is 12.0 Å². The average Bonchev–Trinajstić information content (AvgIpc) is 2.39. The first-order valence-corrected chi connectivity index (χ1v) is 7.03. The van der Waals surface area contributed by atoms with Crippen molar-refractivity contribution in [2.45, 2.75) is 58.0 Å². The molecule has 0 aromatic heterocycles. The van der Waals surface area contributed by atoms with E-state index in [1.807, 2.05) is 0 Å². The average molecular weight is 232 g/mol. The molecule has 0 bridgehead atoms. The standard InChI is InChI=1S/C16H24O/c1-3-13-9-5-6-11-15(13)16(17)12-8-7-10-14(16)4-2/h5-6,9,11,14,17H,3-4,7-8,10,12H2,1-2H3/t14-,16-/m0/s1. The van der Waals surface area contributed by atoms with Gasteiger partial charge < -0.3 is 5.11 Å². The van der Waals surface area contributed by atoms with Gasteiger partial charge in [0, 0.05) is 0 Å². The lowest BCUT2D eigenvalue weighted by molar-refractivity contribution is -0.0563. The van der Waals surface area contributed by atoms with Crippen molar-refractivity contribution < 1.29 is 5.11 Å². The molecule has 1 aromatic carbocycles. The summed E-state index contributed by atoms with van der Waals surface area (Å²) in [7, 11) is 0. The fourth-order valence-corrected chi connectivity index (χ4v) is 3.38. The monoisotopic (exact) mass is 232 g/mol. The molecule has 2 atom stereocenters. The lowest BCUT2D eigenvalue weighted by atomic mass is 9.69. The first kappa shape index (κ1) is 12.6. The number of aliphatic hydroxyl groups is 1. The second kappa shape index (κ2) is 5.22. The second-order valence-corrected chi connectivity index (χ2v) is 5.29. The Morgan fingerprint density at radius 3 is 2.71 bits per heavy atom. The zero-order chi connectivity index (χ0) is 12.3. The topological polar surface area (TPSA) is 20.2 Å². The van der Waals surface area contributed by atoms with Gasteiger partial charge in [0.1, 0.15) is 0 Å². The molecule has 0 aliphatic heterocycles. The van der Waals surface area contributed by atoms with Crippen LogP contribution in [0.5, 0.6) is 0 Å². The molecule has 2 rings (SSSR count). The number of benzene rings is 1. The SMILES string of the molecule is CCc1ccccc1[C@]1(O)CCCC[C@@H]1CC. The van der Waals surface area contributed by atoms with Crippen LogP contribution in [0.1, 0.15) is 57.1 Å². The van der Waals surface area contributed by atoms with Crippen LogP contribution >= 0.6 is 0 Å². The summed E-state index contributed by atoms with van der Waals surface area (Å²) in [4.78, 5) is 0. The minimum atomic E-state index is -0.570. The molecule has 0 radical (unpaired) electrons. The summed E-state index contributed by atoms with van der Waals surface area (Å²) in [5, 5.41) is 11.1. The van der Waals surface area contributed by atoms with Crippen LogP contribution < -0.4 is 0 Å². The van der Waals surface area contributed by atoms with Gasteiger partial charge in [-0.1, -0.05) is 57.4 Å². The molecule has 1 fully saturated rings. The molecule has 0 saturated heterocycles. The highest BCUT2D eigenvalue weighted by atomic mass is 16.3. The molecule has 1 N–H and O–H groups in total. The molecule has 1 nitrogen and oxygen atoms in total. The van der Waals surface area contributed by atoms with Crippen molar-refractivity contribution in [3.05, 3.63) is 35.4 Å². The van der Waals surface area contributed by atoms with Crippen LogP contribution in [0.4, 0.5) is 0 Å².